The van der Waals surface area contributed by atoms with Crippen molar-refractivity contribution in [3.63, 3.8) is 0 Å². The van der Waals surface area contributed by atoms with E-state index in [0.717, 1.165) is 44.2 Å². The summed E-state index contributed by atoms with van der Waals surface area (Å²) in [5, 5.41) is 0. The van der Waals surface area contributed by atoms with Gasteiger partial charge in [-0.3, -0.25) is 4.79 Å². The molecular weight excluding hydrogens is 248 g/mol. The van der Waals surface area contributed by atoms with Crippen LogP contribution in [-0.2, 0) is 4.79 Å². The molecule has 3 heteroatoms. The Bertz CT molecular complexity index is 307. The molecule has 0 radical (unpaired) electrons. The van der Waals surface area contributed by atoms with Crippen molar-refractivity contribution >= 4 is 5.91 Å². The Kier molecular flexibility index (Phi) is 6.50. The minimum atomic E-state index is -0.00870. The van der Waals surface area contributed by atoms with Crippen molar-refractivity contribution in [3.8, 4) is 0 Å². The third-order valence-corrected chi connectivity index (χ3v) is 4.52. The fourth-order valence-corrected chi connectivity index (χ4v) is 3.28. The van der Waals surface area contributed by atoms with E-state index in [1.165, 1.54) is 6.42 Å². The van der Waals surface area contributed by atoms with Crippen LogP contribution in [0.3, 0.4) is 0 Å². The molecule has 0 saturated carbocycles. The van der Waals surface area contributed by atoms with Crippen LogP contribution in [0.4, 0.5) is 0 Å². The number of rotatable bonds is 4. The molecule has 1 aliphatic rings. The minimum Gasteiger partial charge on any atom is -0.342 e. The maximum absolute atomic E-state index is 12.7. The summed E-state index contributed by atoms with van der Waals surface area (Å²) in [7, 11) is 0. The lowest BCUT2D eigenvalue weighted by Gasteiger charge is -2.29. The van der Waals surface area contributed by atoms with Gasteiger partial charge in [-0.25, -0.2) is 0 Å². The van der Waals surface area contributed by atoms with Crippen LogP contribution in [0.1, 0.15) is 60.3 Å². The van der Waals surface area contributed by atoms with Gasteiger partial charge < -0.3 is 10.6 Å². The fraction of sp³-hybridized carbons (Fsp3) is 0.941. The van der Waals surface area contributed by atoms with Gasteiger partial charge in [-0.15, -0.1) is 0 Å². The Morgan fingerprint density at radius 3 is 2.40 bits per heavy atom. The number of nitrogens with two attached hydrogens (primary N) is 1. The maximum atomic E-state index is 12.7. The molecule has 1 amide bonds. The van der Waals surface area contributed by atoms with Crippen LogP contribution in [0.5, 0.6) is 0 Å². The molecule has 0 aromatic heterocycles. The molecule has 118 valence electrons. The lowest BCUT2D eigenvalue weighted by molar-refractivity contribution is -0.136. The van der Waals surface area contributed by atoms with Crippen molar-refractivity contribution < 1.29 is 4.79 Å². The Morgan fingerprint density at radius 1 is 1.25 bits per heavy atom. The number of hydrogen-bond donors (Lipinski definition) is 1. The van der Waals surface area contributed by atoms with E-state index in [2.05, 4.69) is 39.5 Å². The molecule has 1 rings (SSSR count). The first-order valence-corrected chi connectivity index (χ1v) is 8.23. The Balaban J connectivity index is 2.61. The summed E-state index contributed by atoms with van der Waals surface area (Å²) in [6, 6.07) is 0. The van der Waals surface area contributed by atoms with E-state index < -0.39 is 0 Å². The van der Waals surface area contributed by atoms with Crippen LogP contribution < -0.4 is 5.73 Å². The summed E-state index contributed by atoms with van der Waals surface area (Å²) in [5.41, 5.74) is 6.01. The Morgan fingerprint density at radius 2 is 1.90 bits per heavy atom. The molecule has 1 fully saturated rings. The molecule has 0 aromatic carbocycles. The SMILES string of the molecule is CC(C)C1CCCN(C(=O)C(CN)CC(C)(C)C)CC1. The van der Waals surface area contributed by atoms with Crippen LogP contribution in [0.2, 0.25) is 0 Å². The third-order valence-electron chi connectivity index (χ3n) is 4.52. The summed E-state index contributed by atoms with van der Waals surface area (Å²) in [5.74, 6) is 1.77. The van der Waals surface area contributed by atoms with Gasteiger partial charge in [0.15, 0.2) is 0 Å². The first kappa shape index (κ1) is 17.5. The largest absolute Gasteiger partial charge is 0.342 e. The molecule has 1 saturated heterocycles. The normalized spacial score (nSPS) is 22.8. The van der Waals surface area contributed by atoms with Gasteiger partial charge in [0.25, 0.3) is 0 Å². The fourth-order valence-electron chi connectivity index (χ4n) is 3.28. The van der Waals surface area contributed by atoms with E-state index in [4.69, 9.17) is 5.73 Å². The monoisotopic (exact) mass is 282 g/mol. The zero-order chi connectivity index (χ0) is 15.3. The number of hydrogen-bond acceptors (Lipinski definition) is 2. The van der Waals surface area contributed by atoms with Crippen LogP contribution in [0.25, 0.3) is 0 Å². The van der Waals surface area contributed by atoms with Crippen molar-refractivity contribution in [1.29, 1.82) is 0 Å². The van der Waals surface area contributed by atoms with E-state index in [9.17, 15) is 4.79 Å². The molecule has 3 nitrogen and oxygen atoms in total. The van der Waals surface area contributed by atoms with Gasteiger partial charge in [0, 0.05) is 19.6 Å². The second-order valence-corrected chi connectivity index (χ2v) is 7.96. The molecule has 1 heterocycles. The van der Waals surface area contributed by atoms with E-state index in [0.29, 0.717) is 6.54 Å². The van der Waals surface area contributed by atoms with Crippen molar-refractivity contribution in [2.24, 2.45) is 28.9 Å². The number of amides is 1. The molecule has 0 bridgehead atoms. The van der Waals surface area contributed by atoms with Gasteiger partial charge in [-0.1, -0.05) is 34.6 Å². The summed E-state index contributed by atoms with van der Waals surface area (Å²) < 4.78 is 0. The van der Waals surface area contributed by atoms with Crippen molar-refractivity contribution in [3.05, 3.63) is 0 Å². The van der Waals surface area contributed by atoms with Gasteiger partial charge in [-0.2, -0.15) is 0 Å². The van der Waals surface area contributed by atoms with Crippen LogP contribution in [0, 0.1) is 23.2 Å². The zero-order valence-corrected chi connectivity index (χ0v) is 14.1. The van der Waals surface area contributed by atoms with Crippen molar-refractivity contribution in [2.45, 2.75) is 60.3 Å². The molecule has 0 aromatic rings. The number of carbonyl (C=O) groups is 1. The van der Waals surface area contributed by atoms with Crippen molar-refractivity contribution in [2.75, 3.05) is 19.6 Å². The quantitative estimate of drug-likeness (QED) is 0.860. The first-order valence-electron chi connectivity index (χ1n) is 8.23. The lowest BCUT2D eigenvalue weighted by atomic mass is 9.84. The third kappa shape index (κ3) is 5.43. The standard InChI is InChI=1S/C17H34N2O/c1-13(2)14-7-6-9-19(10-8-14)16(20)15(12-18)11-17(3,4)5/h13-15H,6-12,18H2,1-5H3. The molecule has 2 atom stereocenters. The maximum Gasteiger partial charge on any atom is 0.226 e. The summed E-state index contributed by atoms with van der Waals surface area (Å²) in [4.78, 5) is 14.8. The number of nitrogens with zero attached hydrogens (tertiary/aromatic N) is 1. The summed E-state index contributed by atoms with van der Waals surface area (Å²) in [6.07, 6.45) is 4.43. The summed E-state index contributed by atoms with van der Waals surface area (Å²) >= 11 is 0. The average molecular weight is 282 g/mol. The van der Waals surface area contributed by atoms with Gasteiger partial charge in [0.05, 0.1) is 5.92 Å². The van der Waals surface area contributed by atoms with Crippen LogP contribution >= 0.6 is 0 Å². The van der Waals surface area contributed by atoms with E-state index in [1.807, 2.05) is 0 Å². The van der Waals surface area contributed by atoms with E-state index in [1.54, 1.807) is 0 Å². The highest BCUT2D eigenvalue weighted by molar-refractivity contribution is 5.79. The second-order valence-electron chi connectivity index (χ2n) is 7.96. The van der Waals surface area contributed by atoms with Gasteiger partial charge in [0.1, 0.15) is 0 Å². The zero-order valence-electron chi connectivity index (χ0n) is 14.1. The highest BCUT2D eigenvalue weighted by Gasteiger charge is 2.29. The highest BCUT2D eigenvalue weighted by Crippen LogP contribution is 2.28. The molecule has 0 spiro atoms. The van der Waals surface area contributed by atoms with Gasteiger partial charge in [-0.05, 0) is 42.9 Å². The Labute approximate surface area is 125 Å². The predicted molar refractivity (Wildman–Crippen MR) is 85.4 cm³/mol. The van der Waals surface area contributed by atoms with E-state index >= 15 is 0 Å². The van der Waals surface area contributed by atoms with Crippen LogP contribution in [-0.4, -0.2) is 30.4 Å². The molecule has 2 N–H and O–H groups in total. The lowest BCUT2D eigenvalue weighted by Crippen LogP contribution is -2.41. The summed E-state index contributed by atoms with van der Waals surface area (Å²) in [6.45, 7) is 13.4. The number of likely N-dealkylation sites (tertiary alicyclic amines) is 1. The van der Waals surface area contributed by atoms with E-state index in [-0.39, 0.29) is 17.2 Å². The molecule has 2 unspecified atom stereocenters. The smallest absolute Gasteiger partial charge is 0.226 e. The first-order chi connectivity index (χ1) is 9.24. The topological polar surface area (TPSA) is 46.3 Å². The molecular formula is C17H34N2O. The highest BCUT2D eigenvalue weighted by atomic mass is 16.2. The van der Waals surface area contributed by atoms with Crippen LogP contribution in [0.15, 0.2) is 0 Å². The molecule has 1 aliphatic heterocycles. The Hall–Kier alpha value is -0.570. The minimum absolute atomic E-state index is 0.00870. The molecule has 0 aliphatic carbocycles. The van der Waals surface area contributed by atoms with Crippen molar-refractivity contribution in [1.82, 2.24) is 4.90 Å². The molecule has 20 heavy (non-hydrogen) atoms. The van der Waals surface area contributed by atoms with Gasteiger partial charge >= 0.3 is 0 Å². The second kappa shape index (κ2) is 7.44. The average Bonchev–Trinajstić information content (AvgIpc) is 2.59. The van der Waals surface area contributed by atoms with Gasteiger partial charge in [0.2, 0.25) is 5.91 Å². The number of carbonyl (C=O) groups excluding carboxylic acids is 1. The predicted octanol–water partition coefficient (Wildman–Crippen LogP) is 3.28.